The van der Waals surface area contributed by atoms with Crippen molar-refractivity contribution in [1.29, 1.82) is 0 Å². The first-order chi connectivity index (χ1) is 9.22. The van der Waals surface area contributed by atoms with Gasteiger partial charge in [-0.25, -0.2) is 4.79 Å². The molecule has 0 amide bonds. The fourth-order valence-corrected chi connectivity index (χ4v) is 3.74. The van der Waals surface area contributed by atoms with Crippen LogP contribution in [0.1, 0.15) is 71.1 Å². The molecule has 2 fully saturated rings. The summed E-state index contributed by atoms with van der Waals surface area (Å²) in [6, 6.07) is 0. The predicted molar refractivity (Wildman–Crippen MR) is 77.8 cm³/mol. The van der Waals surface area contributed by atoms with E-state index < -0.39 is 0 Å². The van der Waals surface area contributed by atoms with E-state index in [1.54, 1.807) is 0 Å². The number of hydrogen-bond acceptors (Lipinski definition) is 2. The first-order valence-electron chi connectivity index (χ1n) is 8.11. The lowest BCUT2D eigenvalue weighted by atomic mass is 9.69. The van der Waals surface area contributed by atoms with Crippen molar-refractivity contribution in [2.24, 2.45) is 11.8 Å². The maximum absolute atomic E-state index is 12.1. The van der Waals surface area contributed by atoms with E-state index in [0.29, 0.717) is 11.5 Å². The van der Waals surface area contributed by atoms with Crippen LogP contribution in [0.5, 0.6) is 0 Å². The van der Waals surface area contributed by atoms with Crippen molar-refractivity contribution in [1.82, 2.24) is 0 Å². The Hall–Kier alpha value is -0.790. The maximum Gasteiger partial charge on any atom is 0.333 e. The van der Waals surface area contributed by atoms with Gasteiger partial charge in [0.1, 0.15) is 6.10 Å². The fourth-order valence-electron chi connectivity index (χ4n) is 3.74. The highest BCUT2D eigenvalue weighted by Crippen LogP contribution is 2.41. The summed E-state index contributed by atoms with van der Waals surface area (Å²) in [6.07, 6.45) is 12.0. The van der Waals surface area contributed by atoms with Crippen LogP contribution in [0.25, 0.3) is 0 Å². The zero-order valence-electron chi connectivity index (χ0n) is 12.3. The molecule has 0 aromatic rings. The summed E-state index contributed by atoms with van der Waals surface area (Å²) in [6.45, 7) is 6.02. The Labute approximate surface area is 117 Å². The minimum Gasteiger partial charge on any atom is -0.459 e. The number of carbonyl (C=O) groups excluding carboxylic acids is 1. The zero-order chi connectivity index (χ0) is 13.7. The van der Waals surface area contributed by atoms with Gasteiger partial charge in [-0.3, -0.25) is 0 Å². The highest BCUT2D eigenvalue weighted by atomic mass is 16.5. The normalized spacial score (nSPS) is 30.5. The molecule has 0 saturated heterocycles. The van der Waals surface area contributed by atoms with Gasteiger partial charge in [-0.15, -0.1) is 0 Å². The molecule has 108 valence electrons. The minimum absolute atomic E-state index is 0.135. The van der Waals surface area contributed by atoms with E-state index in [1.165, 1.54) is 38.5 Å². The van der Waals surface area contributed by atoms with E-state index in [2.05, 4.69) is 13.5 Å². The molecule has 0 heterocycles. The molecular formula is C17H28O2. The zero-order valence-corrected chi connectivity index (χ0v) is 12.3. The number of carbonyl (C=O) groups is 1. The first-order valence-corrected chi connectivity index (χ1v) is 8.11. The van der Waals surface area contributed by atoms with Gasteiger partial charge in [0.15, 0.2) is 0 Å². The number of fused-ring (bicyclic) bond motifs is 1. The molecule has 2 aliphatic rings. The Kier molecular flexibility index (Phi) is 5.47. The minimum atomic E-state index is -0.135. The van der Waals surface area contributed by atoms with Crippen LogP contribution in [0, 0.1) is 11.8 Å². The second kappa shape index (κ2) is 7.12. The molecule has 0 bridgehead atoms. The van der Waals surface area contributed by atoms with E-state index in [0.717, 1.165) is 31.6 Å². The van der Waals surface area contributed by atoms with Crippen LogP contribution in [0.2, 0.25) is 0 Å². The number of unbranched alkanes of at least 4 members (excludes halogenated alkanes) is 1. The summed E-state index contributed by atoms with van der Waals surface area (Å²) in [4.78, 5) is 12.1. The standard InChI is InChI=1S/C17H28O2/c1-3-4-8-13(2)17(18)19-16-12-7-10-14-9-5-6-11-15(14)16/h14-16H,2-12H2,1H3. The van der Waals surface area contributed by atoms with Gasteiger partial charge in [0.25, 0.3) is 0 Å². The number of ether oxygens (including phenoxy) is 1. The fraction of sp³-hybridized carbons (Fsp3) is 0.824. The third-order valence-electron chi connectivity index (χ3n) is 4.89. The molecule has 2 saturated carbocycles. The summed E-state index contributed by atoms with van der Waals surface area (Å²) in [7, 11) is 0. The van der Waals surface area contributed by atoms with Crippen LogP contribution in [0.3, 0.4) is 0 Å². The molecule has 2 rings (SSSR count). The van der Waals surface area contributed by atoms with E-state index in [-0.39, 0.29) is 12.1 Å². The summed E-state index contributed by atoms with van der Waals surface area (Å²) in [5.41, 5.74) is 0.666. The van der Waals surface area contributed by atoms with Crippen LogP contribution in [0.4, 0.5) is 0 Å². The maximum atomic E-state index is 12.1. The van der Waals surface area contributed by atoms with Crippen LogP contribution < -0.4 is 0 Å². The lowest BCUT2D eigenvalue weighted by molar-refractivity contribution is -0.151. The molecule has 3 unspecified atom stereocenters. The Bertz CT molecular complexity index is 319. The van der Waals surface area contributed by atoms with Gasteiger partial charge >= 0.3 is 5.97 Å². The molecule has 0 aliphatic heterocycles. The number of hydrogen-bond donors (Lipinski definition) is 0. The van der Waals surface area contributed by atoms with Gasteiger partial charge in [-0.05, 0) is 50.4 Å². The quantitative estimate of drug-likeness (QED) is 0.534. The highest BCUT2D eigenvalue weighted by Gasteiger charge is 2.37. The Balaban J connectivity index is 1.86. The molecule has 0 aromatic carbocycles. The van der Waals surface area contributed by atoms with Crippen molar-refractivity contribution < 1.29 is 9.53 Å². The van der Waals surface area contributed by atoms with Crippen molar-refractivity contribution in [2.45, 2.75) is 77.2 Å². The Morgan fingerprint density at radius 3 is 2.68 bits per heavy atom. The molecule has 19 heavy (non-hydrogen) atoms. The van der Waals surface area contributed by atoms with Gasteiger partial charge < -0.3 is 4.74 Å². The molecule has 2 nitrogen and oxygen atoms in total. The van der Waals surface area contributed by atoms with Crippen molar-refractivity contribution in [2.75, 3.05) is 0 Å². The monoisotopic (exact) mass is 264 g/mol. The van der Waals surface area contributed by atoms with Crippen LogP contribution >= 0.6 is 0 Å². The topological polar surface area (TPSA) is 26.3 Å². The Morgan fingerprint density at radius 1 is 1.16 bits per heavy atom. The molecule has 0 aromatic heterocycles. The van der Waals surface area contributed by atoms with E-state index in [9.17, 15) is 4.79 Å². The molecule has 0 N–H and O–H groups in total. The summed E-state index contributed by atoms with van der Waals surface area (Å²) >= 11 is 0. The lowest BCUT2D eigenvalue weighted by Crippen LogP contribution is -2.37. The smallest absolute Gasteiger partial charge is 0.333 e. The lowest BCUT2D eigenvalue weighted by Gasteiger charge is -2.40. The summed E-state index contributed by atoms with van der Waals surface area (Å²) < 4.78 is 5.78. The number of rotatable bonds is 5. The van der Waals surface area contributed by atoms with Gasteiger partial charge in [0.2, 0.25) is 0 Å². The van der Waals surface area contributed by atoms with Gasteiger partial charge in [0, 0.05) is 5.57 Å². The van der Waals surface area contributed by atoms with Crippen LogP contribution in [-0.4, -0.2) is 12.1 Å². The van der Waals surface area contributed by atoms with Gasteiger partial charge in [0.05, 0.1) is 0 Å². The largest absolute Gasteiger partial charge is 0.459 e. The van der Waals surface area contributed by atoms with Crippen LogP contribution in [-0.2, 0) is 9.53 Å². The molecule has 0 radical (unpaired) electrons. The van der Waals surface area contributed by atoms with Gasteiger partial charge in [-0.1, -0.05) is 39.2 Å². The molecule has 0 spiro atoms. The highest BCUT2D eigenvalue weighted by molar-refractivity contribution is 5.87. The van der Waals surface area contributed by atoms with Crippen LogP contribution in [0.15, 0.2) is 12.2 Å². The predicted octanol–water partition coefficient (Wildman–Crippen LogP) is 4.63. The molecular weight excluding hydrogens is 236 g/mol. The average molecular weight is 264 g/mol. The summed E-state index contributed by atoms with van der Waals surface area (Å²) in [5.74, 6) is 1.30. The Morgan fingerprint density at radius 2 is 1.89 bits per heavy atom. The van der Waals surface area contributed by atoms with E-state index in [1.807, 2.05) is 0 Å². The third-order valence-corrected chi connectivity index (χ3v) is 4.89. The van der Waals surface area contributed by atoms with Crippen molar-refractivity contribution >= 4 is 5.97 Å². The van der Waals surface area contributed by atoms with E-state index in [4.69, 9.17) is 4.74 Å². The molecule has 2 heteroatoms. The SMILES string of the molecule is C=C(CCCC)C(=O)OC1CCCC2CCCCC21. The van der Waals surface area contributed by atoms with Gasteiger partial charge in [-0.2, -0.15) is 0 Å². The van der Waals surface area contributed by atoms with Crippen molar-refractivity contribution in [3.63, 3.8) is 0 Å². The second-order valence-corrected chi connectivity index (χ2v) is 6.29. The number of esters is 1. The van der Waals surface area contributed by atoms with Crippen molar-refractivity contribution in [3.05, 3.63) is 12.2 Å². The molecule has 3 atom stereocenters. The second-order valence-electron chi connectivity index (χ2n) is 6.29. The first kappa shape index (κ1) is 14.6. The third kappa shape index (κ3) is 3.84. The average Bonchev–Trinajstić information content (AvgIpc) is 2.45. The van der Waals surface area contributed by atoms with Crippen molar-refractivity contribution in [3.8, 4) is 0 Å². The molecule has 2 aliphatic carbocycles. The summed E-state index contributed by atoms with van der Waals surface area (Å²) in [5, 5.41) is 0. The van der Waals surface area contributed by atoms with E-state index >= 15 is 0 Å².